The summed E-state index contributed by atoms with van der Waals surface area (Å²) in [5.74, 6) is -0.464. The Labute approximate surface area is 127 Å². The molecule has 110 valence electrons. The highest BCUT2D eigenvalue weighted by molar-refractivity contribution is 9.10. The molecule has 0 atom stereocenters. The first-order valence-corrected chi connectivity index (χ1v) is 7.83. The van der Waals surface area contributed by atoms with E-state index in [4.69, 9.17) is 5.73 Å². The molecular weight excluding hydrogens is 323 g/mol. The summed E-state index contributed by atoms with van der Waals surface area (Å²) >= 11 is 3.10. The monoisotopic (exact) mass is 342 g/mol. The maximum absolute atomic E-state index is 13.5. The van der Waals surface area contributed by atoms with Crippen molar-refractivity contribution < 1.29 is 9.18 Å². The lowest BCUT2D eigenvalue weighted by Crippen LogP contribution is -2.42. The van der Waals surface area contributed by atoms with E-state index in [1.165, 1.54) is 6.07 Å². The second kappa shape index (κ2) is 6.68. The molecule has 0 heterocycles. The number of anilines is 1. The number of nitrogens with one attached hydrogen (secondary N) is 1. The van der Waals surface area contributed by atoms with Gasteiger partial charge in [0.05, 0.1) is 9.89 Å². The summed E-state index contributed by atoms with van der Waals surface area (Å²) < 4.78 is 13.9. The molecule has 1 aliphatic rings. The highest BCUT2D eigenvalue weighted by atomic mass is 79.9. The Morgan fingerprint density at radius 3 is 2.50 bits per heavy atom. The molecule has 0 unspecified atom stereocenters. The first-order valence-electron chi connectivity index (χ1n) is 7.04. The molecule has 3 N–H and O–H groups in total. The maximum Gasteiger partial charge on any atom is 0.231 e. The van der Waals surface area contributed by atoms with Gasteiger partial charge >= 0.3 is 0 Å². The predicted octanol–water partition coefficient (Wildman–Crippen LogP) is 3.83. The second-order valence-corrected chi connectivity index (χ2v) is 6.34. The van der Waals surface area contributed by atoms with Crippen LogP contribution in [0.5, 0.6) is 0 Å². The van der Waals surface area contributed by atoms with Crippen LogP contribution in [0, 0.1) is 11.2 Å². The number of nitrogens with two attached hydrogens (primary N) is 1. The van der Waals surface area contributed by atoms with E-state index in [2.05, 4.69) is 21.2 Å². The zero-order valence-electron chi connectivity index (χ0n) is 11.4. The molecule has 0 radical (unpaired) electrons. The quantitative estimate of drug-likeness (QED) is 0.820. The highest BCUT2D eigenvalue weighted by Gasteiger charge is 2.37. The number of hydrogen-bond donors (Lipinski definition) is 2. The molecule has 5 heteroatoms. The molecule has 0 saturated heterocycles. The number of carbonyl (C=O) groups excluding carboxylic acids is 1. The normalized spacial score (nSPS) is 18.4. The number of carbonyl (C=O) groups is 1. The van der Waals surface area contributed by atoms with Crippen molar-refractivity contribution in [1.29, 1.82) is 0 Å². The third-order valence-electron chi connectivity index (χ3n) is 4.11. The van der Waals surface area contributed by atoms with Crippen molar-refractivity contribution in [2.24, 2.45) is 11.1 Å². The van der Waals surface area contributed by atoms with Crippen LogP contribution in [0.3, 0.4) is 0 Å². The molecule has 0 aromatic heterocycles. The summed E-state index contributed by atoms with van der Waals surface area (Å²) in [5.41, 5.74) is 5.85. The second-order valence-electron chi connectivity index (χ2n) is 5.48. The smallest absolute Gasteiger partial charge is 0.231 e. The molecule has 1 saturated carbocycles. The van der Waals surface area contributed by atoms with Gasteiger partial charge in [0.15, 0.2) is 0 Å². The van der Waals surface area contributed by atoms with Crippen molar-refractivity contribution in [3.8, 4) is 0 Å². The van der Waals surface area contributed by atoms with Gasteiger partial charge in [0.25, 0.3) is 0 Å². The fourth-order valence-electron chi connectivity index (χ4n) is 2.77. The van der Waals surface area contributed by atoms with E-state index in [1.807, 2.05) is 0 Å². The third-order valence-corrected chi connectivity index (χ3v) is 4.75. The molecule has 1 fully saturated rings. The number of rotatable bonds is 3. The van der Waals surface area contributed by atoms with Gasteiger partial charge in [-0.05, 0) is 47.0 Å². The van der Waals surface area contributed by atoms with Gasteiger partial charge in [-0.3, -0.25) is 4.79 Å². The van der Waals surface area contributed by atoms with Gasteiger partial charge in [-0.15, -0.1) is 0 Å². The molecule has 0 aliphatic heterocycles. The predicted molar refractivity (Wildman–Crippen MR) is 81.9 cm³/mol. The number of benzene rings is 1. The molecule has 1 aromatic rings. The van der Waals surface area contributed by atoms with E-state index in [0.717, 1.165) is 38.5 Å². The minimum absolute atomic E-state index is 0.0800. The van der Waals surface area contributed by atoms with E-state index in [0.29, 0.717) is 16.7 Å². The van der Waals surface area contributed by atoms with Crippen LogP contribution in [-0.2, 0) is 4.79 Å². The Morgan fingerprint density at radius 2 is 1.95 bits per heavy atom. The lowest BCUT2D eigenvalue weighted by molar-refractivity contribution is -0.125. The van der Waals surface area contributed by atoms with Crippen molar-refractivity contribution in [1.82, 2.24) is 0 Å². The summed E-state index contributed by atoms with van der Waals surface area (Å²) in [5, 5.41) is 2.82. The maximum atomic E-state index is 13.5. The van der Waals surface area contributed by atoms with Crippen LogP contribution in [-0.4, -0.2) is 12.5 Å². The first kappa shape index (κ1) is 15.4. The summed E-state index contributed by atoms with van der Waals surface area (Å²) in [4.78, 5) is 12.5. The van der Waals surface area contributed by atoms with Crippen LogP contribution in [0.2, 0.25) is 0 Å². The van der Waals surface area contributed by atoms with E-state index in [1.54, 1.807) is 12.1 Å². The van der Waals surface area contributed by atoms with E-state index in [-0.39, 0.29) is 11.7 Å². The Bertz CT molecular complexity index is 485. The summed E-state index contributed by atoms with van der Waals surface area (Å²) in [6, 6.07) is 4.60. The molecule has 0 spiro atoms. The largest absolute Gasteiger partial charge is 0.329 e. The van der Waals surface area contributed by atoms with Crippen molar-refractivity contribution >= 4 is 27.5 Å². The average molecular weight is 343 g/mol. The molecule has 1 aromatic carbocycles. The fourth-order valence-corrected chi connectivity index (χ4v) is 3.01. The van der Waals surface area contributed by atoms with Crippen LogP contribution in [0.15, 0.2) is 22.7 Å². The number of halogens is 2. The molecule has 3 nitrogen and oxygen atoms in total. The van der Waals surface area contributed by atoms with E-state index >= 15 is 0 Å². The van der Waals surface area contributed by atoms with E-state index in [9.17, 15) is 9.18 Å². The topological polar surface area (TPSA) is 55.1 Å². The summed E-state index contributed by atoms with van der Waals surface area (Å²) in [7, 11) is 0. The molecule has 20 heavy (non-hydrogen) atoms. The van der Waals surface area contributed by atoms with Gasteiger partial charge in [-0.2, -0.15) is 0 Å². The van der Waals surface area contributed by atoms with E-state index < -0.39 is 5.41 Å². The zero-order valence-corrected chi connectivity index (χ0v) is 13.0. The van der Waals surface area contributed by atoms with Gasteiger partial charge in [0.1, 0.15) is 5.82 Å². The van der Waals surface area contributed by atoms with Crippen LogP contribution in [0.25, 0.3) is 0 Å². The van der Waals surface area contributed by atoms with Gasteiger partial charge in [0, 0.05) is 12.2 Å². The molecule has 2 rings (SSSR count). The Hall–Kier alpha value is -0.940. The molecule has 0 bridgehead atoms. The van der Waals surface area contributed by atoms with Gasteiger partial charge in [0.2, 0.25) is 5.91 Å². The fraction of sp³-hybridized carbons (Fsp3) is 0.533. The minimum atomic E-state index is -0.500. The highest BCUT2D eigenvalue weighted by Crippen LogP contribution is 2.35. The van der Waals surface area contributed by atoms with Gasteiger partial charge < -0.3 is 11.1 Å². The Kier molecular flexibility index (Phi) is 5.16. The summed E-state index contributed by atoms with van der Waals surface area (Å²) in [6.07, 6.45) is 5.99. The lowest BCUT2D eigenvalue weighted by Gasteiger charge is -2.29. The third kappa shape index (κ3) is 3.38. The summed E-state index contributed by atoms with van der Waals surface area (Å²) in [6.45, 7) is 0.345. The standard InChI is InChI=1S/C15H20BrFN2O/c16-12-6-5-11(9-13(12)17)19-14(20)15(10-18)7-3-1-2-4-8-15/h5-6,9H,1-4,7-8,10,18H2,(H,19,20). The number of hydrogen-bond acceptors (Lipinski definition) is 2. The first-order chi connectivity index (χ1) is 9.57. The SMILES string of the molecule is NCC1(C(=O)Nc2ccc(Br)c(F)c2)CCCCCC1. The Morgan fingerprint density at radius 1 is 1.30 bits per heavy atom. The van der Waals surface area contributed by atoms with Crippen molar-refractivity contribution in [2.45, 2.75) is 38.5 Å². The van der Waals surface area contributed by atoms with Crippen molar-refractivity contribution in [2.75, 3.05) is 11.9 Å². The molecule has 1 amide bonds. The lowest BCUT2D eigenvalue weighted by atomic mass is 9.79. The van der Waals surface area contributed by atoms with Crippen molar-refractivity contribution in [3.05, 3.63) is 28.5 Å². The minimum Gasteiger partial charge on any atom is -0.329 e. The molecule has 1 aliphatic carbocycles. The number of amides is 1. The van der Waals surface area contributed by atoms with Crippen LogP contribution in [0.1, 0.15) is 38.5 Å². The Balaban J connectivity index is 2.14. The average Bonchev–Trinajstić information content (AvgIpc) is 2.69. The van der Waals surface area contributed by atoms with Crippen LogP contribution in [0.4, 0.5) is 10.1 Å². The van der Waals surface area contributed by atoms with Gasteiger partial charge in [-0.25, -0.2) is 4.39 Å². The van der Waals surface area contributed by atoms with Crippen LogP contribution < -0.4 is 11.1 Å². The van der Waals surface area contributed by atoms with Gasteiger partial charge in [-0.1, -0.05) is 25.7 Å². The van der Waals surface area contributed by atoms with Crippen LogP contribution >= 0.6 is 15.9 Å². The zero-order chi connectivity index (χ0) is 14.6. The molecular formula is C15H20BrFN2O. The van der Waals surface area contributed by atoms with Crippen molar-refractivity contribution in [3.63, 3.8) is 0 Å².